The first-order chi connectivity index (χ1) is 6.48. The van der Waals surface area contributed by atoms with Gasteiger partial charge in [0.05, 0.1) is 6.61 Å². The van der Waals surface area contributed by atoms with E-state index in [9.17, 15) is 4.79 Å². The molecule has 0 aromatic carbocycles. The molecule has 3 heteroatoms. The van der Waals surface area contributed by atoms with Gasteiger partial charge in [-0.3, -0.25) is 4.79 Å². The first-order valence-corrected chi connectivity index (χ1v) is 5.37. The minimum Gasteiger partial charge on any atom is -0.395 e. The highest BCUT2D eigenvalue weighted by Gasteiger charge is 2.19. The maximum Gasteiger partial charge on any atom is 0.225 e. The van der Waals surface area contributed by atoms with Gasteiger partial charge in [-0.25, -0.2) is 0 Å². The van der Waals surface area contributed by atoms with Crippen molar-refractivity contribution in [1.82, 2.24) is 5.32 Å². The van der Waals surface area contributed by atoms with E-state index in [0.29, 0.717) is 12.0 Å². The lowest BCUT2D eigenvalue weighted by atomic mass is 9.96. The van der Waals surface area contributed by atoms with Crippen LogP contribution in [0.3, 0.4) is 0 Å². The predicted molar refractivity (Wildman–Crippen MR) is 64.7 cm³/mol. The Kier molecular flexibility index (Phi) is 7.67. The average molecular weight is 217 g/mol. The zero-order chi connectivity index (χ0) is 12.7. The number of aliphatic hydroxyl groups excluding tert-OH is 1. The van der Waals surface area contributed by atoms with Crippen LogP contribution in [0.2, 0.25) is 0 Å². The van der Waals surface area contributed by atoms with Gasteiger partial charge in [-0.2, -0.15) is 0 Å². The van der Waals surface area contributed by atoms with Crippen LogP contribution in [0.1, 0.15) is 48.5 Å². The topological polar surface area (TPSA) is 49.3 Å². The number of amides is 1. The molecule has 0 fully saturated rings. The predicted octanol–water partition coefficient (Wildman–Crippen LogP) is 2.19. The Bertz CT molecular complexity index is 169. The van der Waals surface area contributed by atoms with Crippen molar-refractivity contribution in [3.05, 3.63) is 0 Å². The molecule has 0 unspecified atom stereocenters. The second-order valence-corrected chi connectivity index (χ2v) is 6.23. The number of hydrogen-bond donors (Lipinski definition) is 2. The number of aliphatic hydroxyl groups is 1. The summed E-state index contributed by atoms with van der Waals surface area (Å²) >= 11 is 0. The van der Waals surface area contributed by atoms with E-state index in [1.54, 1.807) is 0 Å². The maximum absolute atomic E-state index is 11.0. The van der Waals surface area contributed by atoms with E-state index in [4.69, 9.17) is 5.11 Å². The second kappa shape index (κ2) is 6.83. The Morgan fingerprint density at radius 3 is 1.60 bits per heavy atom. The fourth-order valence-corrected chi connectivity index (χ4v) is 0.435. The smallest absolute Gasteiger partial charge is 0.225 e. The molecule has 0 aliphatic heterocycles. The maximum atomic E-state index is 11.0. The Hall–Kier alpha value is -0.570. The molecule has 0 aromatic heterocycles. The third kappa shape index (κ3) is 19.7. The lowest BCUT2D eigenvalue weighted by Gasteiger charge is -2.16. The normalized spacial score (nSPS) is 11.5. The van der Waals surface area contributed by atoms with E-state index >= 15 is 0 Å². The SMILES string of the molecule is CC(C)(C)C.CC(C)(C)C(=O)NCCO. The van der Waals surface area contributed by atoms with Gasteiger partial charge in [0.25, 0.3) is 0 Å². The molecule has 0 rings (SSSR count). The Balaban J connectivity index is 0. The van der Waals surface area contributed by atoms with Crippen LogP contribution >= 0.6 is 0 Å². The summed E-state index contributed by atoms with van der Waals surface area (Å²) in [6.07, 6.45) is 0. The van der Waals surface area contributed by atoms with Gasteiger partial charge in [0.15, 0.2) is 0 Å². The van der Waals surface area contributed by atoms with Crippen molar-refractivity contribution in [2.75, 3.05) is 13.2 Å². The number of hydrogen-bond acceptors (Lipinski definition) is 2. The van der Waals surface area contributed by atoms with Crippen LogP contribution in [-0.2, 0) is 4.79 Å². The number of nitrogens with one attached hydrogen (secondary N) is 1. The van der Waals surface area contributed by atoms with Crippen molar-refractivity contribution in [1.29, 1.82) is 0 Å². The monoisotopic (exact) mass is 217 g/mol. The lowest BCUT2D eigenvalue weighted by molar-refractivity contribution is -0.128. The van der Waals surface area contributed by atoms with Crippen LogP contribution in [0.5, 0.6) is 0 Å². The molecular formula is C12H27NO2. The molecule has 15 heavy (non-hydrogen) atoms. The molecule has 0 spiro atoms. The molecule has 0 aliphatic rings. The fourth-order valence-electron chi connectivity index (χ4n) is 0.435. The summed E-state index contributed by atoms with van der Waals surface area (Å²) in [4.78, 5) is 11.0. The molecule has 1 amide bonds. The number of carbonyl (C=O) groups is 1. The van der Waals surface area contributed by atoms with Crippen molar-refractivity contribution in [2.24, 2.45) is 10.8 Å². The molecule has 0 saturated heterocycles. The van der Waals surface area contributed by atoms with E-state index in [1.807, 2.05) is 20.8 Å². The molecule has 0 heterocycles. The molecule has 0 bridgehead atoms. The summed E-state index contributed by atoms with van der Waals surface area (Å²) in [5.41, 5.74) is 0.148. The largest absolute Gasteiger partial charge is 0.395 e. The fraction of sp³-hybridized carbons (Fsp3) is 0.917. The van der Waals surface area contributed by atoms with E-state index in [0.717, 1.165) is 0 Å². The van der Waals surface area contributed by atoms with Crippen LogP contribution in [-0.4, -0.2) is 24.2 Å². The highest BCUT2D eigenvalue weighted by molar-refractivity contribution is 5.81. The van der Waals surface area contributed by atoms with E-state index < -0.39 is 0 Å². The highest BCUT2D eigenvalue weighted by atomic mass is 16.3. The minimum atomic E-state index is -0.352. The Labute approximate surface area is 94.3 Å². The zero-order valence-electron chi connectivity index (χ0n) is 11.3. The first kappa shape index (κ1) is 16.8. The summed E-state index contributed by atoms with van der Waals surface area (Å²) in [6.45, 7) is 14.6. The zero-order valence-corrected chi connectivity index (χ0v) is 11.3. The minimum absolute atomic E-state index is 0.00181. The van der Waals surface area contributed by atoms with Crippen LogP contribution in [0.25, 0.3) is 0 Å². The number of carbonyl (C=O) groups excluding carboxylic acids is 1. The van der Waals surface area contributed by atoms with Crippen molar-refractivity contribution in [2.45, 2.75) is 48.5 Å². The van der Waals surface area contributed by atoms with Crippen molar-refractivity contribution >= 4 is 5.91 Å². The van der Waals surface area contributed by atoms with Gasteiger partial charge < -0.3 is 10.4 Å². The molecule has 0 aromatic rings. The lowest BCUT2D eigenvalue weighted by Crippen LogP contribution is -2.36. The van der Waals surface area contributed by atoms with E-state index in [2.05, 4.69) is 33.0 Å². The first-order valence-electron chi connectivity index (χ1n) is 5.37. The molecule has 0 radical (unpaired) electrons. The van der Waals surface area contributed by atoms with Gasteiger partial charge in [0.2, 0.25) is 5.91 Å². The Morgan fingerprint density at radius 2 is 1.40 bits per heavy atom. The van der Waals surface area contributed by atoms with Gasteiger partial charge in [-0.1, -0.05) is 48.5 Å². The van der Waals surface area contributed by atoms with Crippen LogP contribution < -0.4 is 5.32 Å². The standard InChI is InChI=1S/C7H15NO2.C5H12/c1-7(2,3)6(10)8-4-5-9;1-5(2,3)4/h9H,4-5H2,1-3H3,(H,8,10);1-4H3. The van der Waals surface area contributed by atoms with Gasteiger partial charge >= 0.3 is 0 Å². The van der Waals surface area contributed by atoms with Crippen molar-refractivity contribution in [3.8, 4) is 0 Å². The molecule has 0 saturated carbocycles. The van der Waals surface area contributed by atoms with Crippen LogP contribution in [0.4, 0.5) is 0 Å². The summed E-state index contributed by atoms with van der Waals surface area (Å²) in [7, 11) is 0. The molecule has 0 aliphatic carbocycles. The van der Waals surface area contributed by atoms with Crippen molar-refractivity contribution < 1.29 is 9.90 Å². The molecule has 3 nitrogen and oxygen atoms in total. The highest BCUT2D eigenvalue weighted by Crippen LogP contribution is 2.11. The van der Waals surface area contributed by atoms with Crippen LogP contribution in [0, 0.1) is 10.8 Å². The van der Waals surface area contributed by atoms with Crippen molar-refractivity contribution in [3.63, 3.8) is 0 Å². The quantitative estimate of drug-likeness (QED) is 0.745. The summed E-state index contributed by atoms with van der Waals surface area (Å²) in [5, 5.41) is 10.9. The van der Waals surface area contributed by atoms with Crippen LogP contribution in [0.15, 0.2) is 0 Å². The average Bonchev–Trinajstić information content (AvgIpc) is 1.94. The summed E-state index contributed by atoms with van der Waals surface area (Å²) in [5.74, 6) is -0.0263. The third-order valence-electron chi connectivity index (χ3n) is 1.08. The van der Waals surface area contributed by atoms with Gasteiger partial charge in [0, 0.05) is 12.0 Å². The molecule has 92 valence electrons. The summed E-state index contributed by atoms with van der Waals surface area (Å²) < 4.78 is 0. The third-order valence-corrected chi connectivity index (χ3v) is 1.08. The molecular weight excluding hydrogens is 190 g/mol. The molecule has 2 N–H and O–H groups in total. The summed E-state index contributed by atoms with van der Waals surface area (Å²) in [6, 6.07) is 0. The second-order valence-electron chi connectivity index (χ2n) is 6.23. The van der Waals surface area contributed by atoms with E-state index in [1.165, 1.54) is 0 Å². The van der Waals surface area contributed by atoms with E-state index in [-0.39, 0.29) is 17.9 Å². The van der Waals surface area contributed by atoms with Gasteiger partial charge in [0.1, 0.15) is 0 Å². The van der Waals surface area contributed by atoms with Gasteiger partial charge in [-0.15, -0.1) is 0 Å². The Morgan fingerprint density at radius 1 is 1.07 bits per heavy atom. The molecule has 0 atom stereocenters. The number of rotatable bonds is 2. The van der Waals surface area contributed by atoms with Gasteiger partial charge in [-0.05, 0) is 5.41 Å².